The van der Waals surface area contributed by atoms with Crippen LogP contribution in [0.1, 0.15) is 19.4 Å². The Hall–Kier alpha value is -2.01. The van der Waals surface area contributed by atoms with E-state index in [9.17, 15) is 0 Å². The van der Waals surface area contributed by atoms with Crippen LogP contribution in [0.2, 0.25) is 0 Å². The van der Waals surface area contributed by atoms with E-state index in [1.54, 1.807) is 6.92 Å². The maximum absolute atomic E-state index is 8.81. The van der Waals surface area contributed by atoms with Crippen LogP contribution in [-0.4, -0.2) is 0 Å². The normalized spacial score (nSPS) is 12.1. The number of allylic oxidation sites excluding steroid dienone is 3. The first-order valence-electron chi connectivity index (χ1n) is 5.18. The zero-order valence-electron chi connectivity index (χ0n) is 9.60. The zero-order chi connectivity index (χ0) is 11.8. The van der Waals surface area contributed by atoms with Crippen molar-refractivity contribution in [3.8, 4) is 6.07 Å². The molecule has 0 bridgehead atoms. The van der Waals surface area contributed by atoms with Crippen LogP contribution in [0, 0.1) is 11.3 Å². The lowest BCUT2D eigenvalue weighted by Crippen LogP contribution is -1.94. The van der Waals surface area contributed by atoms with Gasteiger partial charge in [-0.2, -0.15) is 5.26 Å². The lowest BCUT2D eigenvalue weighted by atomic mass is 10.2. The zero-order valence-corrected chi connectivity index (χ0v) is 9.60. The lowest BCUT2D eigenvalue weighted by molar-refractivity contribution is 0.209. The first-order valence-corrected chi connectivity index (χ1v) is 5.18. The molecule has 2 heteroatoms. The van der Waals surface area contributed by atoms with Gasteiger partial charge in [0.25, 0.3) is 0 Å². The van der Waals surface area contributed by atoms with Crippen LogP contribution >= 0.6 is 0 Å². The van der Waals surface area contributed by atoms with Crippen LogP contribution in [0.3, 0.4) is 0 Å². The summed E-state index contributed by atoms with van der Waals surface area (Å²) < 4.78 is 5.59. The summed E-state index contributed by atoms with van der Waals surface area (Å²) in [7, 11) is 0. The van der Waals surface area contributed by atoms with Crippen molar-refractivity contribution in [2.45, 2.75) is 20.5 Å². The van der Waals surface area contributed by atoms with Gasteiger partial charge in [-0.25, -0.2) is 0 Å². The Morgan fingerprint density at radius 2 is 2.06 bits per heavy atom. The number of ether oxygens (including phenoxy) is 1. The summed E-state index contributed by atoms with van der Waals surface area (Å²) in [5, 5.41) is 8.81. The molecule has 0 saturated carbocycles. The van der Waals surface area contributed by atoms with Crippen molar-refractivity contribution < 1.29 is 4.74 Å². The largest absolute Gasteiger partial charge is 0.488 e. The van der Waals surface area contributed by atoms with Crippen LogP contribution in [0.4, 0.5) is 0 Å². The summed E-state index contributed by atoms with van der Waals surface area (Å²) >= 11 is 0. The van der Waals surface area contributed by atoms with Gasteiger partial charge < -0.3 is 4.74 Å². The van der Waals surface area contributed by atoms with Gasteiger partial charge in [-0.3, -0.25) is 0 Å². The molecule has 0 radical (unpaired) electrons. The third-order valence-corrected chi connectivity index (χ3v) is 2.09. The second-order valence-electron chi connectivity index (χ2n) is 3.38. The van der Waals surface area contributed by atoms with Gasteiger partial charge in [-0.05, 0) is 25.5 Å². The van der Waals surface area contributed by atoms with Crippen LogP contribution in [0.15, 0.2) is 53.8 Å². The number of hydrogen-bond donors (Lipinski definition) is 0. The van der Waals surface area contributed by atoms with Gasteiger partial charge in [-0.15, -0.1) is 0 Å². The molecule has 0 unspecified atom stereocenters. The van der Waals surface area contributed by atoms with Gasteiger partial charge in [0.1, 0.15) is 12.4 Å². The van der Waals surface area contributed by atoms with Crippen molar-refractivity contribution in [2.75, 3.05) is 0 Å². The van der Waals surface area contributed by atoms with Gasteiger partial charge >= 0.3 is 0 Å². The van der Waals surface area contributed by atoms with Crippen molar-refractivity contribution in [3.63, 3.8) is 0 Å². The van der Waals surface area contributed by atoms with E-state index in [1.165, 1.54) is 0 Å². The number of nitriles is 1. The summed E-state index contributed by atoms with van der Waals surface area (Å²) in [5.74, 6) is 0.633. The minimum absolute atomic E-state index is 0.486. The third-order valence-electron chi connectivity index (χ3n) is 2.09. The fraction of sp³-hybridized carbons (Fsp3) is 0.214. The summed E-state index contributed by atoms with van der Waals surface area (Å²) in [6.07, 6.45) is 3.67. The number of rotatable bonds is 4. The molecule has 1 aromatic carbocycles. The van der Waals surface area contributed by atoms with Crippen LogP contribution in [0.5, 0.6) is 0 Å². The molecular formula is C14H15NO. The average molecular weight is 213 g/mol. The van der Waals surface area contributed by atoms with Crippen LogP contribution in [-0.2, 0) is 11.3 Å². The molecule has 0 N–H and O–H groups in total. The Bertz CT molecular complexity index is 424. The molecule has 0 saturated heterocycles. The van der Waals surface area contributed by atoms with E-state index in [2.05, 4.69) is 6.07 Å². The minimum atomic E-state index is 0.486. The molecule has 2 nitrogen and oxygen atoms in total. The van der Waals surface area contributed by atoms with Gasteiger partial charge in [-0.1, -0.05) is 36.4 Å². The summed E-state index contributed by atoms with van der Waals surface area (Å²) in [5.41, 5.74) is 1.68. The van der Waals surface area contributed by atoms with E-state index in [1.807, 2.05) is 49.4 Å². The number of nitrogens with zero attached hydrogens (tertiary/aromatic N) is 1. The first-order chi connectivity index (χ1) is 7.77. The van der Waals surface area contributed by atoms with Gasteiger partial charge in [0.15, 0.2) is 0 Å². The van der Waals surface area contributed by atoms with E-state index in [4.69, 9.17) is 10.00 Å². The predicted octanol–water partition coefficient (Wildman–Crippen LogP) is 3.58. The number of benzene rings is 1. The highest BCUT2D eigenvalue weighted by Crippen LogP contribution is 2.11. The van der Waals surface area contributed by atoms with E-state index in [0.717, 1.165) is 5.56 Å². The standard InChI is InChI=1S/C14H15NO/c1-3-7-14(12(2)10-15)16-11-13-8-5-4-6-9-13/h3-9H,11H2,1-2H3/b7-3-,14-12-. The SMILES string of the molecule is C/C=C\C(OCc1ccccc1)=C(/C)C#N. The maximum Gasteiger partial charge on any atom is 0.132 e. The smallest absolute Gasteiger partial charge is 0.132 e. The van der Waals surface area contributed by atoms with E-state index in [-0.39, 0.29) is 0 Å². The Balaban J connectivity index is 2.70. The molecule has 0 aliphatic rings. The molecule has 0 aliphatic heterocycles. The van der Waals surface area contributed by atoms with Crippen LogP contribution < -0.4 is 0 Å². The average Bonchev–Trinajstić information content (AvgIpc) is 2.34. The third kappa shape index (κ3) is 3.62. The Morgan fingerprint density at radius 3 is 2.62 bits per heavy atom. The lowest BCUT2D eigenvalue weighted by Gasteiger charge is -2.07. The predicted molar refractivity (Wildman–Crippen MR) is 64.4 cm³/mol. The molecule has 0 fully saturated rings. The monoisotopic (exact) mass is 213 g/mol. The Kier molecular flexibility index (Phi) is 4.88. The highest BCUT2D eigenvalue weighted by molar-refractivity contribution is 5.29. The Labute approximate surface area is 96.5 Å². The topological polar surface area (TPSA) is 33.0 Å². The van der Waals surface area contributed by atoms with Gasteiger partial charge in [0, 0.05) is 0 Å². The van der Waals surface area contributed by atoms with Crippen molar-refractivity contribution >= 4 is 0 Å². The van der Waals surface area contributed by atoms with E-state index < -0.39 is 0 Å². The van der Waals surface area contributed by atoms with E-state index >= 15 is 0 Å². The minimum Gasteiger partial charge on any atom is -0.488 e. The molecule has 16 heavy (non-hydrogen) atoms. The van der Waals surface area contributed by atoms with E-state index in [0.29, 0.717) is 17.9 Å². The summed E-state index contributed by atoms with van der Waals surface area (Å²) in [6.45, 7) is 4.14. The molecule has 82 valence electrons. The first kappa shape index (κ1) is 12.1. The molecule has 0 amide bonds. The van der Waals surface area contributed by atoms with Crippen molar-refractivity contribution in [3.05, 3.63) is 59.4 Å². The summed E-state index contributed by atoms with van der Waals surface area (Å²) in [6, 6.07) is 12.0. The molecule has 0 aromatic heterocycles. The molecular weight excluding hydrogens is 198 g/mol. The Morgan fingerprint density at radius 1 is 1.38 bits per heavy atom. The number of hydrogen-bond acceptors (Lipinski definition) is 2. The second kappa shape index (κ2) is 6.47. The highest BCUT2D eigenvalue weighted by Gasteiger charge is 2.00. The molecule has 1 rings (SSSR count). The van der Waals surface area contributed by atoms with Crippen molar-refractivity contribution in [2.24, 2.45) is 0 Å². The highest BCUT2D eigenvalue weighted by atomic mass is 16.5. The molecule has 1 aromatic rings. The fourth-order valence-electron chi connectivity index (χ4n) is 1.22. The fourth-order valence-corrected chi connectivity index (χ4v) is 1.22. The van der Waals surface area contributed by atoms with Crippen molar-refractivity contribution in [1.82, 2.24) is 0 Å². The van der Waals surface area contributed by atoms with Gasteiger partial charge in [0.2, 0.25) is 0 Å². The second-order valence-corrected chi connectivity index (χ2v) is 3.38. The van der Waals surface area contributed by atoms with Crippen LogP contribution in [0.25, 0.3) is 0 Å². The van der Waals surface area contributed by atoms with Gasteiger partial charge in [0.05, 0.1) is 11.6 Å². The molecule has 0 aliphatic carbocycles. The van der Waals surface area contributed by atoms with Crippen molar-refractivity contribution in [1.29, 1.82) is 5.26 Å². The quantitative estimate of drug-likeness (QED) is 0.435. The molecule has 0 atom stereocenters. The summed E-state index contributed by atoms with van der Waals surface area (Å²) in [4.78, 5) is 0. The molecule has 0 heterocycles. The molecule has 0 spiro atoms. The maximum atomic E-state index is 8.81.